The van der Waals surface area contributed by atoms with Crippen molar-refractivity contribution in [3.8, 4) is 0 Å². The molecular weight excluding hydrogens is 252 g/mol. The van der Waals surface area contributed by atoms with Gasteiger partial charge in [0.2, 0.25) is 0 Å². The summed E-state index contributed by atoms with van der Waals surface area (Å²) < 4.78 is 2.25. The lowest BCUT2D eigenvalue weighted by Crippen LogP contribution is -2.39. The van der Waals surface area contributed by atoms with E-state index in [1.54, 1.807) is 4.90 Å². The number of carbonyl (C=O) groups is 1. The van der Waals surface area contributed by atoms with Crippen LogP contribution in [0.2, 0.25) is 0 Å². The van der Waals surface area contributed by atoms with Gasteiger partial charge in [-0.05, 0) is 38.5 Å². The van der Waals surface area contributed by atoms with Crippen LogP contribution in [0.3, 0.4) is 0 Å². The Labute approximate surface area is 120 Å². The van der Waals surface area contributed by atoms with Crippen LogP contribution >= 0.6 is 0 Å². The summed E-state index contributed by atoms with van der Waals surface area (Å²) in [4.78, 5) is 20.8. The summed E-state index contributed by atoms with van der Waals surface area (Å²) in [6.45, 7) is 0.846. The fourth-order valence-corrected chi connectivity index (χ4v) is 3.53. The zero-order chi connectivity index (χ0) is 14.3. The van der Waals surface area contributed by atoms with Gasteiger partial charge in [-0.25, -0.2) is 9.78 Å². The molecule has 5 heteroatoms. The summed E-state index contributed by atoms with van der Waals surface area (Å²) in [5, 5.41) is 0. The molecule has 5 nitrogen and oxygen atoms in total. The lowest BCUT2D eigenvalue weighted by atomic mass is 10.0. The van der Waals surface area contributed by atoms with Crippen LogP contribution in [-0.4, -0.2) is 46.0 Å². The van der Waals surface area contributed by atoms with Crippen LogP contribution in [0.4, 0.5) is 4.79 Å². The van der Waals surface area contributed by atoms with E-state index in [0.29, 0.717) is 0 Å². The van der Waals surface area contributed by atoms with E-state index in [-0.39, 0.29) is 12.1 Å². The number of aryl methyl sites for hydroxylation is 1. The Morgan fingerprint density at radius 3 is 2.70 bits per heavy atom. The Hall–Kier alpha value is -1.52. The molecule has 2 aliphatic rings. The zero-order valence-electron chi connectivity index (χ0n) is 12.7. The fourth-order valence-electron chi connectivity index (χ4n) is 3.53. The van der Waals surface area contributed by atoms with Crippen molar-refractivity contribution in [2.45, 2.75) is 44.6 Å². The van der Waals surface area contributed by atoms with Gasteiger partial charge in [0.1, 0.15) is 5.82 Å². The summed E-state index contributed by atoms with van der Waals surface area (Å²) in [7, 11) is 5.76. The standard InChI is InChI=1S/C15H24N4O/c1-17(2)15(20)19-10-6-9-13(19)14-16-11-7-4-5-8-12(11)18(14)3/h13H,4-10H2,1-3H3. The highest BCUT2D eigenvalue weighted by Gasteiger charge is 2.34. The highest BCUT2D eigenvalue weighted by atomic mass is 16.2. The first-order valence-corrected chi connectivity index (χ1v) is 7.62. The van der Waals surface area contributed by atoms with Gasteiger partial charge in [-0.15, -0.1) is 0 Å². The Bertz CT molecular complexity index is 520. The van der Waals surface area contributed by atoms with Gasteiger partial charge in [0.05, 0.1) is 11.7 Å². The molecule has 1 aliphatic heterocycles. The molecule has 2 heterocycles. The number of likely N-dealkylation sites (tertiary alicyclic amines) is 1. The Morgan fingerprint density at radius 2 is 2.00 bits per heavy atom. The molecule has 2 amide bonds. The number of hydrogen-bond acceptors (Lipinski definition) is 2. The number of hydrogen-bond donors (Lipinski definition) is 0. The number of rotatable bonds is 1. The number of imidazole rings is 1. The number of aromatic nitrogens is 2. The fraction of sp³-hybridized carbons (Fsp3) is 0.733. The minimum atomic E-state index is 0.105. The van der Waals surface area contributed by atoms with Gasteiger partial charge in [0.15, 0.2) is 0 Å². The lowest BCUT2D eigenvalue weighted by molar-refractivity contribution is 0.163. The van der Waals surface area contributed by atoms with E-state index in [2.05, 4.69) is 11.6 Å². The van der Waals surface area contributed by atoms with E-state index < -0.39 is 0 Å². The van der Waals surface area contributed by atoms with Gasteiger partial charge in [-0.2, -0.15) is 0 Å². The largest absolute Gasteiger partial charge is 0.333 e. The SMILES string of the molecule is CN(C)C(=O)N1CCCC1c1nc2c(n1C)CCCC2. The second-order valence-electron chi connectivity index (χ2n) is 6.16. The average Bonchev–Trinajstić information content (AvgIpc) is 3.03. The maximum atomic E-state index is 12.3. The zero-order valence-corrected chi connectivity index (χ0v) is 12.7. The molecule has 20 heavy (non-hydrogen) atoms. The molecule has 1 unspecified atom stereocenters. The first-order chi connectivity index (χ1) is 9.59. The van der Waals surface area contributed by atoms with Crippen molar-refractivity contribution >= 4 is 6.03 Å². The van der Waals surface area contributed by atoms with E-state index >= 15 is 0 Å². The molecule has 1 aliphatic carbocycles. The molecule has 0 N–H and O–H groups in total. The van der Waals surface area contributed by atoms with Gasteiger partial charge >= 0.3 is 6.03 Å². The van der Waals surface area contributed by atoms with Crippen LogP contribution < -0.4 is 0 Å². The molecule has 0 bridgehead atoms. The van der Waals surface area contributed by atoms with Crippen LogP contribution in [0.25, 0.3) is 0 Å². The summed E-state index contributed by atoms with van der Waals surface area (Å²) in [5.74, 6) is 1.09. The molecule has 1 atom stereocenters. The molecule has 1 aromatic rings. The third-order valence-corrected chi connectivity index (χ3v) is 4.59. The van der Waals surface area contributed by atoms with Gasteiger partial charge in [-0.3, -0.25) is 0 Å². The van der Waals surface area contributed by atoms with Crippen molar-refractivity contribution in [3.05, 3.63) is 17.2 Å². The van der Waals surface area contributed by atoms with Crippen LogP contribution in [-0.2, 0) is 19.9 Å². The first-order valence-electron chi connectivity index (χ1n) is 7.62. The Morgan fingerprint density at radius 1 is 1.25 bits per heavy atom. The lowest BCUT2D eigenvalue weighted by Gasteiger charge is -2.27. The first kappa shape index (κ1) is 13.5. The normalized spacial score (nSPS) is 21.9. The van der Waals surface area contributed by atoms with Crippen LogP contribution in [0.15, 0.2) is 0 Å². The van der Waals surface area contributed by atoms with E-state index in [9.17, 15) is 4.79 Å². The molecule has 0 radical (unpaired) electrons. The molecule has 0 spiro atoms. The Balaban J connectivity index is 1.92. The quantitative estimate of drug-likeness (QED) is 0.788. The van der Waals surface area contributed by atoms with Crippen molar-refractivity contribution in [1.82, 2.24) is 19.4 Å². The predicted molar refractivity (Wildman–Crippen MR) is 77.6 cm³/mol. The summed E-state index contributed by atoms with van der Waals surface area (Å²) in [6, 6.07) is 0.258. The topological polar surface area (TPSA) is 41.4 Å². The summed E-state index contributed by atoms with van der Waals surface area (Å²) in [6.07, 6.45) is 6.83. The van der Waals surface area contributed by atoms with Crippen LogP contribution in [0, 0.1) is 0 Å². The van der Waals surface area contributed by atoms with Crippen LogP contribution in [0.5, 0.6) is 0 Å². The second kappa shape index (κ2) is 5.11. The van der Waals surface area contributed by atoms with Crippen LogP contribution in [0.1, 0.15) is 48.9 Å². The highest BCUT2D eigenvalue weighted by Crippen LogP contribution is 2.34. The highest BCUT2D eigenvalue weighted by molar-refractivity contribution is 5.74. The number of fused-ring (bicyclic) bond motifs is 1. The molecule has 1 fully saturated rings. The van der Waals surface area contributed by atoms with Crippen molar-refractivity contribution in [2.24, 2.45) is 7.05 Å². The summed E-state index contributed by atoms with van der Waals surface area (Å²) >= 11 is 0. The van der Waals surface area contributed by atoms with Crippen molar-refractivity contribution in [1.29, 1.82) is 0 Å². The van der Waals surface area contributed by atoms with Gasteiger partial charge in [0, 0.05) is 33.4 Å². The van der Waals surface area contributed by atoms with Crippen molar-refractivity contribution in [3.63, 3.8) is 0 Å². The maximum Gasteiger partial charge on any atom is 0.320 e. The Kier molecular flexibility index (Phi) is 3.44. The number of nitrogens with zero attached hydrogens (tertiary/aromatic N) is 4. The van der Waals surface area contributed by atoms with E-state index in [1.807, 2.05) is 19.0 Å². The monoisotopic (exact) mass is 276 g/mol. The van der Waals surface area contributed by atoms with Crippen molar-refractivity contribution in [2.75, 3.05) is 20.6 Å². The van der Waals surface area contributed by atoms with Gasteiger partial charge in [0.25, 0.3) is 0 Å². The second-order valence-corrected chi connectivity index (χ2v) is 6.16. The minimum absolute atomic E-state index is 0.105. The molecule has 3 rings (SSSR count). The molecular formula is C15H24N4O. The molecule has 1 aromatic heterocycles. The smallest absolute Gasteiger partial charge is 0.320 e. The third-order valence-electron chi connectivity index (χ3n) is 4.59. The van der Waals surface area contributed by atoms with Crippen molar-refractivity contribution < 1.29 is 4.79 Å². The molecule has 0 aromatic carbocycles. The molecule has 110 valence electrons. The van der Waals surface area contributed by atoms with E-state index in [1.165, 1.54) is 24.2 Å². The van der Waals surface area contributed by atoms with E-state index in [0.717, 1.165) is 38.1 Å². The predicted octanol–water partition coefficient (Wildman–Crippen LogP) is 2.12. The third kappa shape index (κ3) is 2.09. The minimum Gasteiger partial charge on any atom is -0.333 e. The number of amides is 2. The number of urea groups is 1. The molecule has 0 saturated carbocycles. The maximum absolute atomic E-state index is 12.3. The molecule has 1 saturated heterocycles. The van der Waals surface area contributed by atoms with Gasteiger partial charge in [-0.1, -0.05) is 0 Å². The summed E-state index contributed by atoms with van der Waals surface area (Å²) in [5.41, 5.74) is 2.65. The average molecular weight is 276 g/mol. The van der Waals surface area contributed by atoms with Gasteiger partial charge < -0.3 is 14.4 Å². The van der Waals surface area contributed by atoms with E-state index in [4.69, 9.17) is 4.98 Å². The number of carbonyl (C=O) groups excluding carboxylic acids is 1.